The molecule has 2 saturated heterocycles. The smallest absolute Gasteiger partial charge is 0.407 e. The number of imidazole rings is 1. The van der Waals surface area contributed by atoms with Gasteiger partial charge in [-0.15, -0.1) is 5.10 Å². The van der Waals surface area contributed by atoms with E-state index in [1.807, 2.05) is 13.0 Å². The van der Waals surface area contributed by atoms with E-state index in [1.54, 1.807) is 11.0 Å². The Morgan fingerprint density at radius 1 is 1.09 bits per heavy atom. The molecule has 3 fully saturated rings. The first kappa shape index (κ1) is 28.8. The predicted octanol–water partition coefficient (Wildman–Crippen LogP) is 4.32. The van der Waals surface area contributed by atoms with Gasteiger partial charge in [0.1, 0.15) is 6.07 Å². The average Bonchev–Trinajstić information content (AvgIpc) is 3.74. The largest absolute Gasteiger partial charge is 0.465 e. The first-order chi connectivity index (χ1) is 20.9. The van der Waals surface area contributed by atoms with Crippen LogP contribution in [0.5, 0.6) is 0 Å². The van der Waals surface area contributed by atoms with Crippen LogP contribution in [0.2, 0.25) is 5.02 Å². The number of nitrogens with zero attached hydrogens (tertiary/aromatic N) is 8. The van der Waals surface area contributed by atoms with Gasteiger partial charge in [0.05, 0.1) is 34.2 Å². The highest BCUT2D eigenvalue weighted by Crippen LogP contribution is 2.37. The highest BCUT2D eigenvalue weighted by Gasteiger charge is 2.32. The Kier molecular flexibility index (Phi) is 8.10. The van der Waals surface area contributed by atoms with Crippen molar-refractivity contribution in [2.75, 3.05) is 35.2 Å². The van der Waals surface area contributed by atoms with Crippen LogP contribution in [-0.4, -0.2) is 79.5 Å². The number of nitriles is 2. The highest BCUT2D eigenvalue weighted by atomic mass is 35.5. The lowest BCUT2D eigenvalue weighted by atomic mass is 9.93. The minimum Gasteiger partial charge on any atom is -0.465 e. The van der Waals surface area contributed by atoms with Crippen molar-refractivity contribution in [1.29, 1.82) is 10.5 Å². The second-order valence-electron chi connectivity index (χ2n) is 11.5. The summed E-state index contributed by atoms with van der Waals surface area (Å²) in [5.74, 6) is 0.762. The molecule has 1 aliphatic carbocycles. The van der Waals surface area contributed by atoms with Crippen molar-refractivity contribution in [1.82, 2.24) is 29.8 Å². The van der Waals surface area contributed by atoms with Gasteiger partial charge in [0.15, 0.2) is 17.2 Å². The molecule has 2 aromatic heterocycles. The number of fused-ring (bicyclic) bond motifs is 1. The van der Waals surface area contributed by atoms with Crippen LogP contribution in [0, 0.1) is 22.7 Å². The second kappa shape index (κ2) is 12.1. The molecule has 2 aliphatic heterocycles. The van der Waals surface area contributed by atoms with Crippen molar-refractivity contribution in [3.05, 3.63) is 34.6 Å². The van der Waals surface area contributed by atoms with Gasteiger partial charge in [-0.1, -0.05) is 18.5 Å². The van der Waals surface area contributed by atoms with Crippen LogP contribution in [0.15, 0.2) is 18.3 Å². The summed E-state index contributed by atoms with van der Waals surface area (Å²) in [6, 6.07) is 8.82. The number of nitrogens with one attached hydrogen (secondary N) is 3. The molecule has 2 atom stereocenters. The lowest BCUT2D eigenvalue weighted by molar-refractivity contribution is 0.0922. The quantitative estimate of drug-likeness (QED) is 0.289. The first-order valence-electron chi connectivity index (χ1n) is 14.8. The number of amides is 1. The van der Waals surface area contributed by atoms with Gasteiger partial charge in [-0.25, -0.2) is 9.78 Å². The molecule has 1 saturated carbocycles. The van der Waals surface area contributed by atoms with Crippen molar-refractivity contribution >= 4 is 46.5 Å². The number of benzene rings is 1. The van der Waals surface area contributed by atoms with E-state index in [-0.39, 0.29) is 17.7 Å². The zero-order chi connectivity index (χ0) is 30.1. The molecule has 224 valence electrons. The monoisotopic (exact) mass is 603 g/mol. The zero-order valence-corrected chi connectivity index (χ0v) is 24.7. The topological polar surface area (TPSA) is 171 Å². The second-order valence-corrected chi connectivity index (χ2v) is 11.9. The number of rotatable bonds is 8. The van der Waals surface area contributed by atoms with Crippen molar-refractivity contribution in [2.24, 2.45) is 0 Å². The number of hydrogen-bond acceptors (Lipinski definition) is 10. The SMILES string of the molecule is CCC1CC(NC2CCN(c3cc(C#N)cc(Nc4nc(NC5CC5)c5ncc(C#N)n5n4)c3Cl)CC2)CCN1C(=O)O. The van der Waals surface area contributed by atoms with Gasteiger partial charge >= 0.3 is 6.09 Å². The van der Waals surface area contributed by atoms with Crippen LogP contribution in [0.4, 0.5) is 27.9 Å². The summed E-state index contributed by atoms with van der Waals surface area (Å²) in [4.78, 5) is 24.3. The van der Waals surface area contributed by atoms with E-state index in [0.717, 1.165) is 63.7 Å². The molecule has 0 bridgehead atoms. The Balaban J connectivity index is 1.17. The van der Waals surface area contributed by atoms with Crippen LogP contribution in [-0.2, 0) is 0 Å². The van der Waals surface area contributed by atoms with Gasteiger partial charge in [-0.3, -0.25) is 0 Å². The predicted molar refractivity (Wildman–Crippen MR) is 162 cm³/mol. The Morgan fingerprint density at radius 3 is 2.53 bits per heavy atom. The molecule has 4 heterocycles. The number of piperidine rings is 2. The maximum absolute atomic E-state index is 11.6. The summed E-state index contributed by atoms with van der Waals surface area (Å²) >= 11 is 6.95. The van der Waals surface area contributed by atoms with Gasteiger partial charge in [0.2, 0.25) is 5.95 Å². The molecular formula is C29H34ClN11O2. The number of halogens is 1. The van der Waals surface area contributed by atoms with Gasteiger partial charge in [0.25, 0.3) is 0 Å². The third-order valence-corrected chi connectivity index (χ3v) is 8.96. The highest BCUT2D eigenvalue weighted by molar-refractivity contribution is 6.36. The lowest BCUT2D eigenvalue weighted by Gasteiger charge is -2.41. The van der Waals surface area contributed by atoms with E-state index in [9.17, 15) is 20.4 Å². The van der Waals surface area contributed by atoms with Crippen molar-refractivity contribution in [3.8, 4) is 12.1 Å². The van der Waals surface area contributed by atoms with Gasteiger partial charge < -0.3 is 30.9 Å². The maximum atomic E-state index is 11.6. The fourth-order valence-electron chi connectivity index (χ4n) is 6.11. The van der Waals surface area contributed by atoms with Gasteiger partial charge in [-0.2, -0.15) is 20.0 Å². The number of aromatic nitrogens is 4. The number of carboxylic acid groups (broad SMARTS) is 1. The summed E-state index contributed by atoms with van der Waals surface area (Å²) in [5.41, 5.74) is 2.48. The molecule has 0 radical (unpaired) electrons. The zero-order valence-electron chi connectivity index (χ0n) is 23.9. The van der Waals surface area contributed by atoms with Gasteiger partial charge in [0, 0.05) is 43.8 Å². The Bertz CT molecular complexity index is 1600. The van der Waals surface area contributed by atoms with Crippen LogP contribution >= 0.6 is 11.6 Å². The third kappa shape index (κ3) is 6.10. The Morgan fingerprint density at radius 2 is 1.86 bits per heavy atom. The summed E-state index contributed by atoms with van der Waals surface area (Å²) in [6.07, 6.45) is 6.97. The first-order valence-corrected chi connectivity index (χ1v) is 15.2. The van der Waals surface area contributed by atoms with Crippen LogP contribution in [0.3, 0.4) is 0 Å². The number of carbonyl (C=O) groups is 1. The van der Waals surface area contributed by atoms with Gasteiger partial charge in [-0.05, 0) is 57.1 Å². The van der Waals surface area contributed by atoms with E-state index in [1.165, 1.54) is 10.7 Å². The Hall–Kier alpha value is -4.33. The summed E-state index contributed by atoms with van der Waals surface area (Å²) in [6.45, 7) is 4.12. The molecule has 1 amide bonds. The van der Waals surface area contributed by atoms with Crippen LogP contribution < -0.4 is 20.9 Å². The van der Waals surface area contributed by atoms with E-state index in [2.05, 4.69) is 48.1 Å². The maximum Gasteiger partial charge on any atom is 0.407 e. The lowest BCUT2D eigenvalue weighted by Crippen LogP contribution is -2.53. The summed E-state index contributed by atoms with van der Waals surface area (Å²) in [5, 5.41) is 44.1. The fraction of sp³-hybridized carbons (Fsp3) is 0.517. The normalized spacial score (nSPS) is 20.9. The van der Waals surface area contributed by atoms with Crippen molar-refractivity contribution in [2.45, 2.75) is 76.0 Å². The molecule has 43 heavy (non-hydrogen) atoms. The standard InChI is InChI=1S/C29H34ClN11O2/c1-2-21-13-20(7-10-40(21)29(42)43)34-19-5-8-39(9-6-19)24-12-17(14-31)11-23(25(24)30)36-28-37-26(35-18-3-4-18)27-33-16-22(15-32)41(27)38-28/h11-12,16,18-21,34H,2-10,13H2,1H3,(H,42,43)(H2,35,36,37,38). The number of hydrogen-bond donors (Lipinski definition) is 4. The van der Waals surface area contributed by atoms with Crippen molar-refractivity contribution < 1.29 is 9.90 Å². The molecular weight excluding hydrogens is 570 g/mol. The van der Waals surface area contributed by atoms with E-state index < -0.39 is 6.09 Å². The number of anilines is 4. The molecule has 3 aromatic rings. The molecule has 14 heteroatoms. The van der Waals surface area contributed by atoms with E-state index in [4.69, 9.17) is 11.6 Å². The van der Waals surface area contributed by atoms with Crippen molar-refractivity contribution in [3.63, 3.8) is 0 Å². The molecule has 13 nitrogen and oxygen atoms in total. The average molecular weight is 604 g/mol. The molecule has 1 aromatic carbocycles. The van der Waals surface area contributed by atoms with Crippen LogP contribution in [0.25, 0.3) is 5.65 Å². The third-order valence-electron chi connectivity index (χ3n) is 8.56. The minimum atomic E-state index is -0.833. The Labute approximate surface area is 254 Å². The summed E-state index contributed by atoms with van der Waals surface area (Å²) in [7, 11) is 0. The molecule has 0 spiro atoms. The number of likely N-dealkylation sites (tertiary alicyclic amines) is 1. The van der Waals surface area contributed by atoms with Crippen LogP contribution in [0.1, 0.15) is 63.1 Å². The van der Waals surface area contributed by atoms with E-state index in [0.29, 0.717) is 52.4 Å². The minimum absolute atomic E-state index is 0.0489. The van der Waals surface area contributed by atoms with E-state index >= 15 is 0 Å². The molecule has 2 unspecified atom stereocenters. The molecule has 4 N–H and O–H groups in total. The summed E-state index contributed by atoms with van der Waals surface area (Å²) < 4.78 is 1.45. The fourth-order valence-corrected chi connectivity index (χ4v) is 6.38. The molecule has 3 aliphatic rings. The molecule has 6 rings (SSSR count).